The van der Waals surface area contributed by atoms with E-state index in [0.29, 0.717) is 12.0 Å². The Bertz CT molecular complexity index is 203. The predicted octanol–water partition coefficient (Wildman–Crippen LogP) is 1.29. The molecule has 1 fully saturated rings. The van der Waals surface area contributed by atoms with Crippen molar-refractivity contribution in [2.45, 2.75) is 58.7 Å². The van der Waals surface area contributed by atoms with Gasteiger partial charge in [0.1, 0.15) is 0 Å². The Morgan fingerprint density at radius 2 is 2.00 bits per heavy atom. The number of carbonyl (C=O) groups is 1. The van der Waals surface area contributed by atoms with Gasteiger partial charge in [0.05, 0.1) is 6.04 Å². The SMILES string of the molecule is CC(C)NC(=O)C1CCC(C)C(C)N1. The smallest absolute Gasteiger partial charge is 0.237 e. The molecule has 0 spiro atoms. The first-order chi connectivity index (χ1) is 6.50. The van der Waals surface area contributed by atoms with Crippen LogP contribution in [-0.2, 0) is 4.79 Å². The van der Waals surface area contributed by atoms with Crippen molar-refractivity contribution in [1.82, 2.24) is 10.6 Å². The van der Waals surface area contributed by atoms with Crippen LogP contribution in [0.25, 0.3) is 0 Å². The Morgan fingerprint density at radius 1 is 1.36 bits per heavy atom. The van der Waals surface area contributed by atoms with Crippen LogP contribution in [0.1, 0.15) is 40.5 Å². The number of rotatable bonds is 2. The van der Waals surface area contributed by atoms with E-state index in [4.69, 9.17) is 0 Å². The zero-order valence-electron chi connectivity index (χ0n) is 9.63. The highest BCUT2D eigenvalue weighted by Gasteiger charge is 2.28. The molecule has 1 aliphatic rings. The fourth-order valence-electron chi connectivity index (χ4n) is 1.84. The van der Waals surface area contributed by atoms with E-state index in [0.717, 1.165) is 12.8 Å². The molecular formula is C11H22N2O. The average molecular weight is 198 g/mol. The van der Waals surface area contributed by atoms with E-state index < -0.39 is 0 Å². The minimum absolute atomic E-state index is 0.0172. The van der Waals surface area contributed by atoms with Crippen molar-refractivity contribution in [3.8, 4) is 0 Å². The molecule has 0 aromatic heterocycles. The normalized spacial score (nSPS) is 33.1. The molecule has 0 aliphatic carbocycles. The molecule has 2 N–H and O–H groups in total. The second-order valence-electron chi connectivity index (χ2n) is 4.73. The Labute approximate surface area is 86.6 Å². The van der Waals surface area contributed by atoms with Crippen LogP contribution in [0.4, 0.5) is 0 Å². The highest BCUT2D eigenvalue weighted by atomic mass is 16.2. The molecule has 0 saturated carbocycles. The number of nitrogens with one attached hydrogen (secondary N) is 2. The molecule has 3 heteroatoms. The van der Waals surface area contributed by atoms with Gasteiger partial charge in [0.2, 0.25) is 5.91 Å². The van der Waals surface area contributed by atoms with Crippen LogP contribution in [0, 0.1) is 5.92 Å². The van der Waals surface area contributed by atoms with E-state index in [1.165, 1.54) is 0 Å². The number of hydrogen-bond acceptors (Lipinski definition) is 2. The molecule has 1 aliphatic heterocycles. The molecule has 0 radical (unpaired) electrons. The summed E-state index contributed by atoms with van der Waals surface area (Å²) < 4.78 is 0. The molecule has 82 valence electrons. The maximum absolute atomic E-state index is 11.7. The molecule has 1 rings (SSSR count). The van der Waals surface area contributed by atoms with E-state index in [1.807, 2.05) is 13.8 Å². The van der Waals surface area contributed by atoms with Crippen LogP contribution in [0.2, 0.25) is 0 Å². The Morgan fingerprint density at radius 3 is 2.50 bits per heavy atom. The number of piperidine rings is 1. The molecule has 0 bridgehead atoms. The van der Waals surface area contributed by atoms with Crippen LogP contribution in [0.3, 0.4) is 0 Å². The summed E-state index contributed by atoms with van der Waals surface area (Å²) in [5.74, 6) is 0.830. The van der Waals surface area contributed by atoms with Crippen molar-refractivity contribution in [3.63, 3.8) is 0 Å². The summed E-state index contributed by atoms with van der Waals surface area (Å²) in [6.07, 6.45) is 2.11. The van der Waals surface area contributed by atoms with Crippen molar-refractivity contribution in [2.24, 2.45) is 5.92 Å². The van der Waals surface area contributed by atoms with Crippen LogP contribution in [-0.4, -0.2) is 24.0 Å². The molecule has 1 amide bonds. The zero-order valence-corrected chi connectivity index (χ0v) is 9.63. The van der Waals surface area contributed by atoms with Gasteiger partial charge in [-0.25, -0.2) is 0 Å². The van der Waals surface area contributed by atoms with Crippen LogP contribution >= 0.6 is 0 Å². The summed E-state index contributed by atoms with van der Waals surface area (Å²) in [4.78, 5) is 11.7. The molecule has 14 heavy (non-hydrogen) atoms. The van der Waals surface area contributed by atoms with Crippen molar-refractivity contribution in [1.29, 1.82) is 0 Å². The van der Waals surface area contributed by atoms with Crippen molar-refractivity contribution in [3.05, 3.63) is 0 Å². The van der Waals surface area contributed by atoms with Gasteiger partial charge in [-0.2, -0.15) is 0 Å². The van der Waals surface area contributed by atoms with Crippen molar-refractivity contribution >= 4 is 5.91 Å². The molecule has 3 unspecified atom stereocenters. The highest BCUT2D eigenvalue weighted by molar-refractivity contribution is 5.82. The Kier molecular flexibility index (Phi) is 3.93. The van der Waals surface area contributed by atoms with Gasteiger partial charge in [-0.15, -0.1) is 0 Å². The van der Waals surface area contributed by atoms with Crippen LogP contribution < -0.4 is 10.6 Å². The van der Waals surface area contributed by atoms with Gasteiger partial charge in [0.15, 0.2) is 0 Å². The van der Waals surface area contributed by atoms with Crippen LogP contribution in [0.5, 0.6) is 0 Å². The fraction of sp³-hybridized carbons (Fsp3) is 0.909. The minimum Gasteiger partial charge on any atom is -0.353 e. The lowest BCUT2D eigenvalue weighted by molar-refractivity contribution is -0.124. The van der Waals surface area contributed by atoms with Crippen molar-refractivity contribution < 1.29 is 4.79 Å². The van der Waals surface area contributed by atoms with Gasteiger partial charge >= 0.3 is 0 Å². The molecule has 0 aromatic rings. The fourth-order valence-corrected chi connectivity index (χ4v) is 1.84. The molecule has 3 atom stereocenters. The molecule has 0 aromatic carbocycles. The van der Waals surface area contributed by atoms with E-state index in [1.54, 1.807) is 0 Å². The highest BCUT2D eigenvalue weighted by Crippen LogP contribution is 2.19. The lowest BCUT2D eigenvalue weighted by Gasteiger charge is -2.33. The first-order valence-electron chi connectivity index (χ1n) is 5.57. The van der Waals surface area contributed by atoms with Gasteiger partial charge in [-0.3, -0.25) is 4.79 Å². The van der Waals surface area contributed by atoms with Crippen molar-refractivity contribution in [2.75, 3.05) is 0 Å². The van der Waals surface area contributed by atoms with Gasteiger partial charge in [-0.1, -0.05) is 6.92 Å². The topological polar surface area (TPSA) is 41.1 Å². The standard InChI is InChI=1S/C11H22N2O/c1-7(2)12-11(14)10-6-5-8(3)9(4)13-10/h7-10,13H,5-6H2,1-4H3,(H,12,14). The Balaban J connectivity index is 2.42. The van der Waals surface area contributed by atoms with Gasteiger partial charge in [0.25, 0.3) is 0 Å². The summed E-state index contributed by atoms with van der Waals surface area (Å²) in [5, 5.41) is 6.31. The summed E-state index contributed by atoms with van der Waals surface area (Å²) in [6, 6.07) is 0.703. The average Bonchev–Trinajstić information content (AvgIpc) is 2.08. The van der Waals surface area contributed by atoms with E-state index in [-0.39, 0.29) is 18.0 Å². The first kappa shape index (κ1) is 11.5. The number of amides is 1. The lowest BCUT2D eigenvalue weighted by Crippen LogP contribution is -2.53. The Hall–Kier alpha value is -0.570. The van der Waals surface area contributed by atoms with E-state index in [2.05, 4.69) is 24.5 Å². The summed E-state index contributed by atoms with van der Waals surface area (Å²) in [5.41, 5.74) is 0. The largest absolute Gasteiger partial charge is 0.353 e. The predicted molar refractivity (Wildman–Crippen MR) is 58.1 cm³/mol. The molecule has 1 saturated heterocycles. The third-order valence-corrected chi connectivity index (χ3v) is 2.98. The monoisotopic (exact) mass is 198 g/mol. The molecule has 3 nitrogen and oxygen atoms in total. The van der Waals surface area contributed by atoms with E-state index >= 15 is 0 Å². The maximum Gasteiger partial charge on any atom is 0.237 e. The van der Waals surface area contributed by atoms with E-state index in [9.17, 15) is 4.79 Å². The summed E-state index contributed by atoms with van der Waals surface area (Å²) >= 11 is 0. The quantitative estimate of drug-likeness (QED) is 0.702. The van der Waals surface area contributed by atoms with Gasteiger partial charge < -0.3 is 10.6 Å². The summed E-state index contributed by atoms with van der Waals surface area (Å²) in [7, 11) is 0. The summed E-state index contributed by atoms with van der Waals surface area (Å²) in [6.45, 7) is 8.37. The lowest BCUT2D eigenvalue weighted by atomic mass is 9.89. The molecule has 1 heterocycles. The third-order valence-electron chi connectivity index (χ3n) is 2.98. The second kappa shape index (κ2) is 4.78. The number of carbonyl (C=O) groups excluding carboxylic acids is 1. The maximum atomic E-state index is 11.7. The number of hydrogen-bond donors (Lipinski definition) is 2. The minimum atomic E-state index is 0.0172. The second-order valence-corrected chi connectivity index (χ2v) is 4.73. The third kappa shape index (κ3) is 2.98. The molecular weight excluding hydrogens is 176 g/mol. The zero-order chi connectivity index (χ0) is 10.7. The van der Waals surface area contributed by atoms with Gasteiger partial charge in [0, 0.05) is 12.1 Å². The first-order valence-corrected chi connectivity index (χ1v) is 5.57. The van der Waals surface area contributed by atoms with Gasteiger partial charge in [-0.05, 0) is 39.5 Å². The van der Waals surface area contributed by atoms with Crippen LogP contribution in [0.15, 0.2) is 0 Å².